The Kier molecular flexibility index (Phi) is 8.24. The van der Waals surface area contributed by atoms with E-state index in [1.54, 1.807) is 0 Å². The van der Waals surface area contributed by atoms with E-state index < -0.39 is 0 Å². The Balaban J connectivity index is 3.34. The van der Waals surface area contributed by atoms with E-state index in [2.05, 4.69) is 29.6 Å². The van der Waals surface area contributed by atoms with Crippen molar-refractivity contribution in [3.05, 3.63) is 0 Å². The standard InChI is InChI=1S/C10H22N4O2/c1-8(2)7-13-10(15)4-6-12-5-3-9(11)14-16/h8,12,16H,3-7H2,1-2H3,(H2,11,14)(H,13,15). The van der Waals surface area contributed by atoms with Crippen LogP contribution in [0.25, 0.3) is 0 Å². The van der Waals surface area contributed by atoms with E-state index in [-0.39, 0.29) is 11.7 Å². The van der Waals surface area contributed by atoms with Crippen LogP contribution in [0.2, 0.25) is 0 Å². The van der Waals surface area contributed by atoms with Crippen LogP contribution in [0.15, 0.2) is 5.16 Å². The maximum atomic E-state index is 11.3. The van der Waals surface area contributed by atoms with Gasteiger partial charge in [-0.3, -0.25) is 4.79 Å². The molecular formula is C10H22N4O2. The van der Waals surface area contributed by atoms with Gasteiger partial charge in [-0.1, -0.05) is 19.0 Å². The third-order valence-electron chi connectivity index (χ3n) is 1.92. The Labute approximate surface area is 96.3 Å². The summed E-state index contributed by atoms with van der Waals surface area (Å²) in [5.74, 6) is 0.708. The summed E-state index contributed by atoms with van der Waals surface area (Å²) in [4.78, 5) is 11.3. The third-order valence-corrected chi connectivity index (χ3v) is 1.92. The molecule has 0 aliphatic carbocycles. The lowest BCUT2D eigenvalue weighted by molar-refractivity contribution is -0.121. The van der Waals surface area contributed by atoms with E-state index in [1.165, 1.54) is 0 Å². The Hall–Kier alpha value is -1.30. The summed E-state index contributed by atoms with van der Waals surface area (Å²) in [7, 11) is 0. The van der Waals surface area contributed by atoms with Gasteiger partial charge in [-0.05, 0) is 5.92 Å². The first-order valence-corrected chi connectivity index (χ1v) is 5.50. The normalized spacial score (nSPS) is 11.8. The molecule has 0 fully saturated rings. The number of hydrogen-bond donors (Lipinski definition) is 4. The largest absolute Gasteiger partial charge is 0.409 e. The first kappa shape index (κ1) is 14.7. The van der Waals surface area contributed by atoms with Crippen molar-refractivity contribution in [2.75, 3.05) is 19.6 Å². The van der Waals surface area contributed by atoms with Gasteiger partial charge in [0.2, 0.25) is 5.91 Å². The smallest absolute Gasteiger partial charge is 0.221 e. The van der Waals surface area contributed by atoms with Gasteiger partial charge < -0.3 is 21.6 Å². The summed E-state index contributed by atoms with van der Waals surface area (Å²) in [5, 5.41) is 17.0. The Morgan fingerprint density at radius 3 is 2.56 bits per heavy atom. The Morgan fingerprint density at radius 1 is 1.38 bits per heavy atom. The molecule has 0 radical (unpaired) electrons. The van der Waals surface area contributed by atoms with Crippen molar-refractivity contribution in [2.24, 2.45) is 16.8 Å². The lowest BCUT2D eigenvalue weighted by Gasteiger charge is -2.08. The number of amides is 1. The second kappa shape index (κ2) is 8.96. The van der Waals surface area contributed by atoms with Crippen molar-refractivity contribution in [3.63, 3.8) is 0 Å². The minimum absolute atomic E-state index is 0.0463. The summed E-state index contributed by atoms with van der Waals surface area (Å²) < 4.78 is 0. The van der Waals surface area contributed by atoms with E-state index in [0.717, 1.165) is 0 Å². The summed E-state index contributed by atoms with van der Waals surface area (Å²) in [6.45, 7) is 6.02. The van der Waals surface area contributed by atoms with Crippen LogP contribution < -0.4 is 16.4 Å². The summed E-state index contributed by atoms with van der Waals surface area (Å²) in [5.41, 5.74) is 5.28. The van der Waals surface area contributed by atoms with Gasteiger partial charge in [-0.2, -0.15) is 0 Å². The molecule has 0 saturated carbocycles. The highest BCUT2D eigenvalue weighted by atomic mass is 16.4. The fourth-order valence-corrected chi connectivity index (χ4v) is 1.000. The van der Waals surface area contributed by atoms with Crippen molar-refractivity contribution in [1.82, 2.24) is 10.6 Å². The van der Waals surface area contributed by atoms with Crippen LogP contribution >= 0.6 is 0 Å². The molecule has 0 aromatic heterocycles. The molecule has 0 atom stereocenters. The fraction of sp³-hybridized carbons (Fsp3) is 0.800. The molecule has 0 aromatic carbocycles. The van der Waals surface area contributed by atoms with Gasteiger partial charge in [0.1, 0.15) is 5.84 Å². The van der Waals surface area contributed by atoms with Gasteiger partial charge in [0.15, 0.2) is 0 Å². The van der Waals surface area contributed by atoms with Crippen LogP contribution in [-0.2, 0) is 4.79 Å². The molecule has 16 heavy (non-hydrogen) atoms. The summed E-state index contributed by atoms with van der Waals surface area (Å²) in [6.07, 6.45) is 0.924. The highest BCUT2D eigenvalue weighted by Gasteiger charge is 2.01. The highest BCUT2D eigenvalue weighted by Crippen LogP contribution is 1.88. The number of amidine groups is 1. The first-order valence-electron chi connectivity index (χ1n) is 5.50. The van der Waals surface area contributed by atoms with Crippen LogP contribution in [-0.4, -0.2) is 36.6 Å². The molecule has 0 aromatic rings. The van der Waals surface area contributed by atoms with Crippen molar-refractivity contribution < 1.29 is 10.0 Å². The first-order chi connectivity index (χ1) is 7.56. The van der Waals surface area contributed by atoms with E-state index in [4.69, 9.17) is 10.9 Å². The molecule has 0 bridgehead atoms. The molecule has 0 unspecified atom stereocenters. The molecule has 0 aliphatic rings. The predicted molar refractivity (Wildman–Crippen MR) is 63.4 cm³/mol. The quantitative estimate of drug-likeness (QED) is 0.153. The van der Waals surface area contributed by atoms with E-state index in [0.29, 0.717) is 38.4 Å². The number of rotatable bonds is 8. The molecule has 94 valence electrons. The van der Waals surface area contributed by atoms with Crippen LogP contribution in [0.1, 0.15) is 26.7 Å². The number of oxime groups is 1. The maximum Gasteiger partial charge on any atom is 0.221 e. The molecule has 1 amide bonds. The second-order valence-electron chi connectivity index (χ2n) is 4.04. The Bertz CT molecular complexity index is 229. The summed E-state index contributed by atoms with van der Waals surface area (Å²) >= 11 is 0. The Morgan fingerprint density at radius 2 is 2.00 bits per heavy atom. The van der Waals surface area contributed by atoms with Gasteiger partial charge in [0.25, 0.3) is 0 Å². The maximum absolute atomic E-state index is 11.3. The van der Waals surface area contributed by atoms with Crippen molar-refractivity contribution in [1.29, 1.82) is 0 Å². The number of nitrogens with zero attached hydrogens (tertiary/aromatic N) is 1. The van der Waals surface area contributed by atoms with Gasteiger partial charge in [-0.25, -0.2) is 0 Å². The van der Waals surface area contributed by atoms with Gasteiger partial charge in [-0.15, -0.1) is 0 Å². The van der Waals surface area contributed by atoms with E-state index in [9.17, 15) is 4.79 Å². The molecule has 0 heterocycles. The van der Waals surface area contributed by atoms with Crippen molar-refractivity contribution in [3.8, 4) is 0 Å². The molecule has 0 aliphatic heterocycles. The lowest BCUT2D eigenvalue weighted by Crippen LogP contribution is -2.31. The SMILES string of the molecule is CC(C)CNC(=O)CCNCCC(N)=NO. The molecule has 0 spiro atoms. The molecule has 6 heteroatoms. The predicted octanol–water partition coefficient (Wildman–Crippen LogP) is -0.125. The van der Waals surface area contributed by atoms with E-state index in [1.807, 2.05) is 0 Å². The van der Waals surface area contributed by atoms with Crippen molar-refractivity contribution >= 4 is 11.7 Å². The fourth-order valence-electron chi connectivity index (χ4n) is 1.000. The van der Waals surface area contributed by atoms with Crippen LogP contribution in [0, 0.1) is 5.92 Å². The van der Waals surface area contributed by atoms with Crippen LogP contribution in [0.4, 0.5) is 0 Å². The third kappa shape index (κ3) is 9.26. The van der Waals surface area contributed by atoms with Gasteiger partial charge in [0, 0.05) is 32.5 Å². The minimum Gasteiger partial charge on any atom is -0.409 e. The zero-order valence-electron chi connectivity index (χ0n) is 9.99. The summed E-state index contributed by atoms with van der Waals surface area (Å²) in [6, 6.07) is 0. The van der Waals surface area contributed by atoms with Gasteiger partial charge in [0.05, 0.1) is 0 Å². The highest BCUT2D eigenvalue weighted by molar-refractivity contribution is 5.79. The topological polar surface area (TPSA) is 99.7 Å². The molecule has 6 nitrogen and oxygen atoms in total. The van der Waals surface area contributed by atoms with E-state index >= 15 is 0 Å². The molecular weight excluding hydrogens is 208 g/mol. The number of carbonyl (C=O) groups excluding carboxylic acids is 1. The molecule has 0 saturated heterocycles. The monoisotopic (exact) mass is 230 g/mol. The number of hydrogen-bond acceptors (Lipinski definition) is 4. The lowest BCUT2D eigenvalue weighted by atomic mass is 10.2. The van der Waals surface area contributed by atoms with Crippen LogP contribution in [0.3, 0.4) is 0 Å². The number of carbonyl (C=O) groups is 1. The van der Waals surface area contributed by atoms with Crippen LogP contribution in [0.5, 0.6) is 0 Å². The minimum atomic E-state index is 0.0463. The molecule has 5 N–H and O–H groups in total. The van der Waals surface area contributed by atoms with Crippen molar-refractivity contribution in [2.45, 2.75) is 26.7 Å². The average molecular weight is 230 g/mol. The van der Waals surface area contributed by atoms with Gasteiger partial charge >= 0.3 is 0 Å². The number of nitrogens with two attached hydrogens (primary N) is 1. The average Bonchev–Trinajstić information content (AvgIpc) is 2.25. The zero-order chi connectivity index (χ0) is 12.4. The second-order valence-corrected chi connectivity index (χ2v) is 4.04. The number of nitrogens with one attached hydrogen (secondary N) is 2. The molecule has 0 rings (SSSR count). The zero-order valence-corrected chi connectivity index (χ0v) is 9.99.